The number of aromatic carboxylic acids is 1. The summed E-state index contributed by atoms with van der Waals surface area (Å²) in [6, 6.07) is 8.36. The molecule has 0 amide bonds. The van der Waals surface area contributed by atoms with Crippen molar-refractivity contribution in [2.45, 2.75) is 6.54 Å². The fourth-order valence-corrected chi connectivity index (χ4v) is 2.21. The summed E-state index contributed by atoms with van der Waals surface area (Å²) in [5.74, 6) is -1.06. The van der Waals surface area contributed by atoms with E-state index in [2.05, 4.69) is 9.97 Å². The summed E-state index contributed by atoms with van der Waals surface area (Å²) in [6.07, 6.45) is 3.26. The highest BCUT2D eigenvalue weighted by Gasteiger charge is 2.15. The summed E-state index contributed by atoms with van der Waals surface area (Å²) in [7, 11) is 0. The molecule has 0 aliphatic carbocycles. The number of aromatic amines is 1. The molecule has 3 aromatic rings. The lowest BCUT2D eigenvalue weighted by Gasteiger charge is -2.05. The fraction of sp³-hybridized carbons (Fsp3) is 0.0714. The van der Waals surface area contributed by atoms with E-state index in [-0.39, 0.29) is 11.3 Å². The van der Waals surface area contributed by atoms with E-state index in [1.54, 1.807) is 36.7 Å². The number of nitrogens with one attached hydrogen (secondary N) is 1. The van der Waals surface area contributed by atoms with Crippen LogP contribution in [0.4, 0.5) is 0 Å². The number of hydrogen-bond donors (Lipinski definition) is 2. The topological polar surface area (TPSA) is 88.0 Å². The number of nitrogens with zero attached hydrogens (tertiary/aromatic N) is 2. The van der Waals surface area contributed by atoms with Gasteiger partial charge in [0.25, 0.3) is 0 Å². The number of fused-ring (bicyclic) bond motifs is 1. The van der Waals surface area contributed by atoms with E-state index in [0.717, 1.165) is 5.56 Å². The molecule has 0 fully saturated rings. The van der Waals surface area contributed by atoms with Crippen molar-refractivity contribution >= 4 is 17.0 Å². The van der Waals surface area contributed by atoms with Gasteiger partial charge in [-0.05, 0) is 29.8 Å². The summed E-state index contributed by atoms with van der Waals surface area (Å²) in [6.45, 7) is 0.297. The molecule has 0 aliphatic heterocycles. The first-order valence-electron chi connectivity index (χ1n) is 6.00. The zero-order chi connectivity index (χ0) is 14.1. The van der Waals surface area contributed by atoms with Gasteiger partial charge in [-0.15, -0.1) is 0 Å². The number of carbonyl (C=O) groups is 1. The number of carboxylic acids is 1. The molecule has 0 spiro atoms. The van der Waals surface area contributed by atoms with E-state index in [1.807, 2.05) is 0 Å². The number of benzene rings is 1. The summed E-state index contributed by atoms with van der Waals surface area (Å²) in [4.78, 5) is 29.9. The molecule has 0 bridgehead atoms. The molecule has 6 nitrogen and oxygen atoms in total. The monoisotopic (exact) mass is 269 g/mol. The molecule has 0 saturated heterocycles. The van der Waals surface area contributed by atoms with Gasteiger partial charge < -0.3 is 10.1 Å². The van der Waals surface area contributed by atoms with Gasteiger partial charge in [-0.2, -0.15) is 0 Å². The second-order valence-electron chi connectivity index (χ2n) is 4.38. The van der Waals surface area contributed by atoms with Crippen LogP contribution in [0.15, 0.2) is 47.5 Å². The lowest BCUT2D eigenvalue weighted by Crippen LogP contribution is -2.18. The van der Waals surface area contributed by atoms with Gasteiger partial charge in [0.2, 0.25) is 0 Å². The van der Waals surface area contributed by atoms with Gasteiger partial charge in [0.15, 0.2) is 0 Å². The molecule has 0 saturated carbocycles. The molecule has 20 heavy (non-hydrogen) atoms. The van der Waals surface area contributed by atoms with Crippen molar-refractivity contribution in [2.24, 2.45) is 0 Å². The highest BCUT2D eigenvalue weighted by molar-refractivity contribution is 6.01. The largest absolute Gasteiger partial charge is 0.478 e. The van der Waals surface area contributed by atoms with Crippen molar-refractivity contribution in [1.82, 2.24) is 14.5 Å². The molecular weight excluding hydrogens is 258 g/mol. The Morgan fingerprint density at radius 2 is 2.00 bits per heavy atom. The maximum Gasteiger partial charge on any atom is 0.337 e. The van der Waals surface area contributed by atoms with Gasteiger partial charge in [0.1, 0.15) is 0 Å². The van der Waals surface area contributed by atoms with Gasteiger partial charge in [-0.1, -0.05) is 6.07 Å². The predicted octanol–water partition coefficient (Wildman–Crippen LogP) is 1.47. The SMILES string of the molecule is O=C(O)c1cccc2[nH]c(=O)n(Cc3ccncc3)c12. The predicted molar refractivity (Wildman–Crippen MR) is 72.9 cm³/mol. The number of aromatic nitrogens is 3. The Kier molecular flexibility index (Phi) is 2.83. The number of rotatable bonds is 3. The summed E-state index contributed by atoms with van der Waals surface area (Å²) >= 11 is 0. The van der Waals surface area contributed by atoms with Crippen LogP contribution in [0.3, 0.4) is 0 Å². The Morgan fingerprint density at radius 1 is 1.25 bits per heavy atom. The van der Waals surface area contributed by atoms with Crippen LogP contribution in [0, 0.1) is 0 Å². The Morgan fingerprint density at radius 3 is 2.70 bits per heavy atom. The van der Waals surface area contributed by atoms with Crippen LogP contribution in [0.1, 0.15) is 15.9 Å². The fourth-order valence-electron chi connectivity index (χ4n) is 2.21. The minimum Gasteiger partial charge on any atom is -0.478 e. The quantitative estimate of drug-likeness (QED) is 0.753. The number of H-pyrrole nitrogens is 1. The third kappa shape index (κ3) is 1.97. The molecular formula is C14H11N3O3. The molecule has 2 N–H and O–H groups in total. The average molecular weight is 269 g/mol. The van der Waals surface area contributed by atoms with Gasteiger partial charge in [-0.3, -0.25) is 9.55 Å². The third-order valence-corrected chi connectivity index (χ3v) is 3.11. The molecule has 100 valence electrons. The van der Waals surface area contributed by atoms with Crippen molar-refractivity contribution in [3.63, 3.8) is 0 Å². The minimum absolute atomic E-state index is 0.106. The Balaban J connectivity index is 2.22. The second kappa shape index (κ2) is 4.65. The molecule has 0 atom stereocenters. The number of pyridine rings is 1. The first-order valence-corrected chi connectivity index (χ1v) is 6.00. The lowest BCUT2D eigenvalue weighted by atomic mass is 10.1. The van der Waals surface area contributed by atoms with E-state index >= 15 is 0 Å². The van der Waals surface area contributed by atoms with Crippen molar-refractivity contribution in [1.29, 1.82) is 0 Å². The highest BCUT2D eigenvalue weighted by atomic mass is 16.4. The first-order chi connectivity index (χ1) is 9.66. The molecule has 0 aliphatic rings. The van der Waals surface area contributed by atoms with Crippen LogP contribution in [0.25, 0.3) is 11.0 Å². The molecule has 1 aromatic carbocycles. The molecule has 0 radical (unpaired) electrons. The average Bonchev–Trinajstić information content (AvgIpc) is 2.76. The third-order valence-electron chi connectivity index (χ3n) is 3.11. The van der Waals surface area contributed by atoms with Crippen molar-refractivity contribution in [3.05, 3.63) is 64.3 Å². The minimum atomic E-state index is -1.06. The van der Waals surface area contributed by atoms with Gasteiger partial charge in [0, 0.05) is 12.4 Å². The van der Waals surface area contributed by atoms with Gasteiger partial charge in [0.05, 0.1) is 23.1 Å². The van der Waals surface area contributed by atoms with E-state index in [0.29, 0.717) is 17.6 Å². The van der Waals surface area contributed by atoms with Crippen LogP contribution in [-0.4, -0.2) is 25.6 Å². The van der Waals surface area contributed by atoms with Crippen LogP contribution < -0.4 is 5.69 Å². The van der Waals surface area contributed by atoms with E-state index in [9.17, 15) is 14.7 Å². The van der Waals surface area contributed by atoms with Crippen LogP contribution >= 0.6 is 0 Å². The van der Waals surface area contributed by atoms with E-state index in [1.165, 1.54) is 10.6 Å². The number of carboxylic acid groups (broad SMARTS) is 1. The zero-order valence-corrected chi connectivity index (χ0v) is 10.4. The molecule has 2 heterocycles. The van der Waals surface area contributed by atoms with Crippen molar-refractivity contribution < 1.29 is 9.90 Å². The maximum atomic E-state index is 12.0. The standard InChI is InChI=1S/C14H11N3O3/c18-13(19)10-2-1-3-11-12(10)17(14(20)16-11)8-9-4-6-15-7-5-9/h1-7H,8H2,(H,16,20)(H,18,19). The summed E-state index contributed by atoms with van der Waals surface area (Å²) in [5, 5.41) is 9.24. The first kappa shape index (κ1) is 12.2. The van der Waals surface area contributed by atoms with Crippen molar-refractivity contribution in [3.8, 4) is 0 Å². The molecule has 0 unspecified atom stereocenters. The van der Waals surface area contributed by atoms with Crippen LogP contribution in [-0.2, 0) is 6.54 Å². The summed E-state index contributed by atoms with van der Waals surface area (Å²) < 4.78 is 1.42. The number of para-hydroxylation sites is 1. The maximum absolute atomic E-state index is 12.0. The molecule has 3 rings (SSSR count). The highest BCUT2D eigenvalue weighted by Crippen LogP contribution is 2.17. The van der Waals surface area contributed by atoms with E-state index < -0.39 is 5.97 Å². The van der Waals surface area contributed by atoms with Crippen LogP contribution in [0.5, 0.6) is 0 Å². The number of hydrogen-bond acceptors (Lipinski definition) is 3. The zero-order valence-electron chi connectivity index (χ0n) is 10.4. The Labute approximate surface area is 113 Å². The molecule has 6 heteroatoms. The Bertz CT molecular complexity index is 834. The normalized spacial score (nSPS) is 10.8. The smallest absolute Gasteiger partial charge is 0.337 e. The van der Waals surface area contributed by atoms with Gasteiger partial charge in [-0.25, -0.2) is 9.59 Å². The second-order valence-corrected chi connectivity index (χ2v) is 4.38. The number of imidazole rings is 1. The lowest BCUT2D eigenvalue weighted by molar-refractivity contribution is 0.0698. The van der Waals surface area contributed by atoms with Crippen molar-refractivity contribution in [2.75, 3.05) is 0 Å². The van der Waals surface area contributed by atoms with Crippen LogP contribution in [0.2, 0.25) is 0 Å². The van der Waals surface area contributed by atoms with Gasteiger partial charge >= 0.3 is 11.7 Å². The molecule has 2 aromatic heterocycles. The van der Waals surface area contributed by atoms with E-state index in [4.69, 9.17) is 0 Å². The Hall–Kier alpha value is -2.89. The summed E-state index contributed by atoms with van der Waals surface area (Å²) in [5.41, 5.74) is 1.58.